The summed E-state index contributed by atoms with van der Waals surface area (Å²) in [6.45, 7) is 2.46. The van der Waals surface area contributed by atoms with E-state index in [2.05, 4.69) is 33.4 Å². The summed E-state index contributed by atoms with van der Waals surface area (Å²) in [5.74, 6) is -0.336. The summed E-state index contributed by atoms with van der Waals surface area (Å²) in [6, 6.07) is 8.37. The number of nitrogens with zero attached hydrogens (tertiary/aromatic N) is 2. The first kappa shape index (κ1) is 17.2. The molecule has 6 nitrogen and oxygen atoms in total. The summed E-state index contributed by atoms with van der Waals surface area (Å²) >= 11 is 0. The van der Waals surface area contributed by atoms with E-state index in [0.29, 0.717) is 6.54 Å². The van der Waals surface area contributed by atoms with Crippen LogP contribution < -0.4 is 11.1 Å². The summed E-state index contributed by atoms with van der Waals surface area (Å²) in [5.41, 5.74) is 8.19. The molecule has 0 spiro atoms. The van der Waals surface area contributed by atoms with Gasteiger partial charge in [-0.3, -0.25) is 14.7 Å². The van der Waals surface area contributed by atoms with Gasteiger partial charge < -0.3 is 16.2 Å². The normalized spacial score (nSPS) is 17.0. The van der Waals surface area contributed by atoms with Gasteiger partial charge in [0.1, 0.15) is 5.71 Å². The number of carbonyl (C=O) groups is 1. The maximum Gasteiger partial charge on any atom is 0.269 e. The lowest BCUT2D eigenvalue weighted by Crippen LogP contribution is -2.43. The van der Waals surface area contributed by atoms with Crippen LogP contribution in [-0.2, 0) is 17.8 Å². The van der Waals surface area contributed by atoms with Crippen LogP contribution in [0.1, 0.15) is 11.1 Å². The van der Waals surface area contributed by atoms with Gasteiger partial charge in [-0.15, -0.1) is 0 Å². The molecule has 0 saturated carbocycles. The second-order valence-electron chi connectivity index (χ2n) is 5.59. The Morgan fingerprint density at radius 2 is 2.22 bits per heavy atom. The number of aliphatic hydroxyl groups excluding tert-OH is 1. The zero-order valence-corrected chi connectivity index (χ0v) is 13.4. The van der Waals surface area contributed by atoms with Gasteiger partial charge in [-0.05, 0) is 29.8 Å². The smallest absolute Gasteiger partial charge is 0.269 e. The number of fused-ring (bicyclic) bond motifs is 1. The number of aliphatic hydroxyl groups is 1. The zero-order chi connectivity index (χ0) is 16.7. The minimum absolute atomic E-state index is 0.189. The van der Waals surface area contributed by atoms with Gasteiger partial charge >= 0.3 is 0 Å². The Bertz CT molecular complexity index is 598. The van der Waals surface area contributed by atoms with Crippen molar-refractivity contribution in [3.8, 4) is 0 Å². The van der Waals surface area contributed by atoms with Crippen LogP contribution in [0.3, 0.4) is 0 Å². The van der Waals surface area contributed by atoms with Gasteiger partial charge in [-0.1, -0.05) is 24.3 Å². The topological polar surface area (TPSA) is 90.9 Å². The van der Waals surface area contributed by atoms with Gasteiger partial charge in [0.2, 0.25) is 0 Å². The molecule has 4 N–H and O–H groups in total. The number of nitrogens with two attached hydrogens (primary N) is 1. The van der Waals surface area contributed by atoms with Crippen molar-refractivity contribution >= 4 is 11.6 Å². The van der Waals surface area contributed by atoms with Gasteiger partial charge in [0.25, 0.3) is 5.91 Å². The monoisotopic (exact) mass is 316 g/mol. The molecule has 0 fully saturated rings. The standard InChI is InChI=1S/C17H24N4O2/c1-19-16(6-8-18)17(23)20-10-15(22)12-21-9-7-13-4-2-3-5-14(13)11-21/h2-6,8,15,22H,7,9-12,18H2,1H3,(H,20,23)/b8-6-,19-16+/t15-/m0/s1. The van der Waals surface area contributed by atoms with Gasteiger partial charge in [0, 0.05) is 33.2 Å². The van der Waals surface area contributed by atoms with E-state index in [1.165, 1.54) is 30.5 Å². The quantitative estimate of drug-likeness (QED) is 0.648. The Labute approximate surface area is 136 Å². The molecule has 0 aromatic heterocycles. The van der Waals surface area contributed by atoms with Crippen molar-refractivity contribution in [2.45, 2.75) is 19.1 Å². The van der Waals surface area contributed by atoms with E-state index in [-0.39, 0.29) is 18.2 Å². The predicted octanol–water partition coefficient (Wildman–Crippen LogP) is 0.0650. The first-order valence-corrected chi connectivity index (χ1v) is 7.74. The second kappa shape index (κ2) is 8.45. The highest BCUT2D eigenvalue weighted by Crippen LogP contribution is 2.18. The van der Waals surface area contributed by atoms with Crippen LogP contribution in [0, 0.1) is 0 Å². The lowest BCUT2D eigenvalue weighted by Gasteiger charge is -2.30. The number of nitrogens with one attached hydrogen (secondary N) is 1. The number of aliphatic imine (C=N–C) groups is 1. The van der Waals surface area contributed by atoms with Crippen LogP contribution in [0.25, 0.3) is 0 Å². The fourth-order valence-corrected chi connectivity index (χ4v) is 2.72. The third-order valence-electron chi connectivity index (χ3n) is 3.90. The van der Waals surface area contributed by atoms with Crippen molar-refractivity contribution in [3.63, 3.8) is 0 Å². The van der Waals surface area contributed by atoms with Crippen LogP contribution >= 0.6 is 0 Å². The predicted molar refractivity (Wildman–Crippen MR) is 91.1 cm³/mol. The number of hydrogen-bond acceptors (Lipinski definition) is 5. The van der Waals surface area contributed by atoms with Crippen LogP contribution in [0.15, 0.2) is 41.5 Å². The van der Waals surface area contributed by atoms with Crippen molar-refractivity contribution in [1.82, 2.24) is 10.2 Å². The highest BCUT2D eigenvalue weighted by Gasteiger charge is 2.19. The van der Waals surface area contributed by atoms with E-state index < -0.39 is 6.10 Å². The van der Waals surface area contributed by atoms with Crippen molar-refractivity contribution < 1.29 is 9.90 Å². The third-order valence-corrected chi connectivity index (χ3v) is 3.90. The minimum atomic E-state index is -0.621. The number of rotatable bonds is 6. The SMILES string of the molecule is C/N=C(\C=C/N)C(=O)NC[C@H](O)CN1CCc2ccccc2C1. The van der Waals surface area contributed by atoms with E-state index >= 15 is 0 Å². The summed E-state index contributed by atoms with van der Waals surface area (Å²) in [7, 11) is 1.52. The third kappa shape index (κ3) is 4.91. The minimum Gasteiger partial charge on any atom is -0.405 e. The number of β-amino-alcohol motifs (C(OH)–C–C–N with tert-alkyl or cyclic N) is 1. The second-order valence-corrected chi connectivity index (χ2v) is 5.59. The summed E-state index contributed by atoms with van der Waals surface area (Å²) in [4.78, 5) is 17.9. The molecule has 124 valence electrons. The van der Waals surface area contributed by atoms with Gasteiger partial charge in [0.15, 0.2) is 0 Å². The molecule has 0 bridgehead atoms. The van der Waals surface area contributed by atoms with Crippen molar-refractivity contribution in [3.05, 3.63) is 47.7 Å². The average Bonchev–Trinajstić information content (AvgIpc) is 2.57. The van der Waals surface area contributed by atoms with E-state index in [0.717, 1.165) is 19.5 Å². The molecule has 1 aliphatic rings. The average molecular weight is 316 g/mol. The van der Waals surface area contributed by atoms with Crippen LogP contribution in [0.4, 0.5) is 0 Å². The van der Waals surface area contributed by atoms with Crippen molar-refractivity contribution in [1.29, 1.82) is 0 Å². The Morgan fingerprint density at radius 3 is 2.91 bits per heavy atom. The number of hydrogen-bond donors (Lipinski definition) is 3. The Morgan fingerprint density at radius 1 is 1.48 bits per heavy atom. The van der Waals surface area contributed by atoms with Crippen LogP contribution in [0.5, 0.6) is 0 Å². The molecule has 2 rings (SSSR count). The molecule has 0 unspecified atom stereocenters. The van der Waals surface area contributed by atoms with Crippen molar-refractivity contribution in [2.75, 3.05) is 26.7 Å². The highest BCUT2D eigenvalue weighted by molar-refractivity contribution is 6.43. The van der Waals surface area contributed by atoms with Gasteiger partial charge in [-0.2, -0.15) is 0 Å². The fourth-order valence-electron chi connectivity index (χ4n) is 2.72. The fraction of sp³-hybridized carbons (Fsp3) is 0.412. The first-order chi connectivity index (χ1) is 11.1. The first-order valence-electron chi connectivity index (χ1n) is 7.74. The maximum atomic E-state index is 11.9. The molecule has 1 aliphatic heterocycles. The van der Waals surface area contributed by atoms with Crippen LogP contribution in [0.2, 0.25) is 0 Å². The van der Waals surface area contributed by atoms with E-state index in [9.17, 15) is 9.90 Å². The molecule has 6 heteroatoms. The molecule has 1 aromatic rings. The molecule has 1 aromatic carbocycles. The molecular formula is C17H24N4O2. The van der Waals surface area contributed by atoms with Crippen molar-refractivity contribution in [2.24, 2.45) is 10.7 Å². The van der Waals surface area contributed by atoms with Gasteiger partial charge in [0.05, 0.1) is 6.10 Å². The van der Waals surface area contributed by atoms with Gasteiger partial charge in [-0.25, -0.2) is 0 Å². The molecule has 1 amide bonds. The zero-order valence-electron chi connectivity index (χ0n) is 13.4. The molecule has 1 heterocycles. The molecule has 0 aliphatic carbocycles. The lowest BCUT2D eigenvalue weighted by atomic mass is 10.00. The summed E-state index contributed by atoms with van der Waals surface area (Å²) in [5, 5.41) is 12.8. The lowest BCUT2D eigenvalue weighted by molar-refractivity contribution is -0.115. The summed E-state index contributed by atoms with van der Waals surface area (Å²) < 4.78 is 0. The molecule has 1 atom stereocenters. The van der Waals surface area contributed by atoms with Crippen LogP contribution in [-0.4, -0.2) is 54.4 Å². The maximum absolute atomic E-state index is 11.9. The largest absolute Gasteiger partial charge is 0.405 e. The van der Waals surface area contributed by atoms with E-state index in [1.807, 2.05) is 6.07 Å². The highest BCUT2D eigenvalue weighted by atomic mass is 16.3. The number of amides is 1. The number of carbonyl (C=O) groups excluding carboxylic acids is 1. The molecular weight excluding hydrogens is 292 g/mol. The van der Waals surface area contributed by atoms with E-state index in [1.54, 1.807) is 0 Å². The van der Waals surface area contributed by atoms with E-state index in [4.69, 9.17) is 5.73 Å². The molecule has 0 radical (unpaired) electrons. The molecule has 23 heavy (non-hydrogen) atoms. The Balaban J connectivity index is 1.80. The number of benzene rings is 1. The Kier molecular flexibility index (Phi) is 6.31. The summed E-state index contributed by atoms with van der Waals surface area (Å²) in [6.07, 6.45) is 3.07. The molecule has 0 saturated heterocycles. The Hall–Kier alpha value is -2.18.